The van der Waals surface area contributed by atoms with Crippen LogP contribution in [-0.2, 0) is 21.4 Å². The molecular weight excluding hydrogens is 374 g/mol. The molecule has 0 bridgehead atoms. The molecular formula is C21H27N3O3S. The summed E-state index contributed by atoms with van der Waals surface area (Å²) in [5.41, 5.74) is 2.02. The maximum absolute atomic E-state index is 13.2. The summed E-state index contributed by atoms with van der Waals surface area (Å²) in [7, 11) is -3.69. The average Bonchev–Trinajstić information content (AvgIpc) is 2.73. The molecule has 1 heterocycles. The van der Waals surface area contributed by atoms with Gasteiger partial charge in [-0.05, 0) is 24.6 Å². The number of piperazine rings is 1. The van der Waals surface area contributed by atoms with Gasteiger partial charge < -0.3 is 10.2 Å². The number of nitrogens with one attached hydrogen (secondary N) is 1. The predicted molar refractivity (Wildman–Crippen MR) is 109 cm³/mol. The van der Waals surface area contributed by atoms with E-state index < -0.39 is 10.0 Å². The molecule has 7 heteroatoms. The van der Waals surface area contributed by atoms with Crippen molar-refractivity contribution in [2.24, 2.45) is 0 Å². The number of amides is 1. The Balaban J connectivity index is 1.77. The van der Waals surface area contributed by atoms with Crippen LogP contribution < -0.4 is 5.32 Å². The molecule has 28 heavy (non-hydrogen) atoms. The van der Waals surface area contributed by atoms with E-state index in [1.54, 1.807) is 35.2 Å². The zero-order valence-electron chi connectivity index (χ0n) is 16.2. The number of benzene rings is 2. The fourth-order valence-corrected chi connectivity index (χ4v) is 4.67. The van der Waals surface area contributed by atoms with Crippen LogP contribution in [0.25, 0.3) is 0 Å². The minimum atomic E-state index is -3.69. The van der Waals surface area contributed by atoms with Gasteiger partial charge in [0, 0.05) is 45.7 Å². The normalized spacial score (nSPS) is 15.0. The highest BCUT2D eigenvalue weighted by Gasteiger charge is 2.26. The van der Waals surface area contributed by atoms with Crippen molar-refractivity contribution >= 4 is 15.9 Å². The summed E-state index contributed by atoms with van der Waals surface area (Å²) in [5, 5.41) is 3.22. The molecule has 0 aliphatic carbocycles. The van der Waals surface area contributed by atoms with Gasteiger partial charge in [0.15, 0.2) is 0 Å². The smallest absolute Gasteiger partial charge is 0.243 e. The summed E-state index contributed by atoms with van der Waals surface area (Å²) >= 11 is 0. The highest BCUT2D eigenvalue weighted by molar-refractivity contribution is 7.89. The van der Waals surface area contributed by atoms with Gasteiger partial charge in [-0.1, -0.05) is 48.0 Å². The maximum Gasteiger partial charge on any atom is 0.243 e. The van der Waals surface area contributed by atoms with Crippen LogP contribution in [0, 0.1) is 6.92 Å². The number of nitrogens with zero attached hydrogens (tertiary/aromatic N) is 2. The SMILES string of the molecule is Cc1ccc(CN(CCC(=O)N2CCNCC2)S(=O)(=O)c2ccccc2)cc1. The van der Waals surface area contributed by atoms with Gasteiger partial charge in [-0.3, -0.25) is 4.79 Å². The molecule has 0 unspecified atom stereocenters. The molecule has 1 fully saturated rings. The van der Waals surface area contributed by atoms with Gasteiger partial charge >= 0.3 is 0 Å². The van der Waals surface area contributed by atoms with Crippen LogP contribution in [0.15, 0.2) is 59.5 Å². The van der Waals surface area contributed by atoms with Crippen molar-refractivity contribution < 1.29 is 13.2 Å². The Labute approximate surface area is 167 Å². The second kappa shape index (κ2) is 9.32. The quantitative estimate of drug-likeness (QED) is 0.771. The fourth-order valence-electron chi connectivity index (χ4n) is 3.22. The van der Waals surface area contributed by atoms with Crippen molar-refractivity contribution in [2.75, 3.05) is 32.7 Å². The summed E-state index contributed by atoms with van der Waals surface area (Å²) in [6, 6.07) is 16.2. The summed E-state index contributed by atoms with van der Waals surface area (Å²) in [6.45, 7) is 5.29. The second-order valence-electron chi connectivity index (χ2n) is 7.02. The molecule has 6 nitrogen and oxygen atoms in total. The lowest BCUT2D eigenvalue weighted by Gasteiger charge is -2.29. The topological polar surface area (TPSA) is 69.7 Å². The molecule has 1 saturated heterocycles. The van der Waals surface area contributed by atoms with E-state index >= 15 is 0 Å². The first-order valence-electron chi connectivity index (χ1n) is 9.56. The van der Waals surface area contributed by atoms with E-state index in [0.717, 1.165) is 24.2 Å². The van der Waals surface area contributed by atoms with E-state index in [-0.39, 0.29) is 30.3 Å². The molecule has 3 rings (SSSR count). The van der Waals surface area contributed by atoms with Crippen LogP contribution in [0.3, 0.4) is 0 Å². The van der Waals surface area contributed by atoms with Crippen molar-refractivity contribution in [2.45, 2.75) is 24.8 Å². The van der Waals surface area contributed by atoms with Gasteiger partial charge in [-0.15, -0.1) is 0 Å². The number of carbonyl (C=O) groups is 1. The standard InChI is InChI=1S/C21H27N3O3S/c1-18-7-9-19(10-8-18)17-24(28(26,27)20-5-3-2-4-6-20)14-11-21(25)23-15-12-22-13-16-23/h2-10,22H,11-17H2,1H3. The Morgan fingerprint density at radius 1 is 1.04 bits per heavy atom. The van der Waals surface area contributed by atoms with E-state index in [1.165, 1.54) is 4.31 Å². The molecule has 0 saturated carbocycles. The number of rotatable bonds is 7. The number of hydrogen-bond acceptors (Lipinski definition) is 4. The highest BCUT2D eigenvalue weighted by Crippen LogP contribution is 2.19. The molecule has 2 aromatic rings. The monoisotopic (exact) mass is 401 g/mol. The van der Waals surface area contributed by atoms with Crippen LogP contribution in [-0.4, -0.2) is 56.3 Å². The molecule has 0 aromatic heterocycles. The first-order chi connectivity index (χ1) is 13.5. The Bertz CT molecular complexity index is 877. The van der Waals surface area contributed by atoms with Gasteiger partial charge in [0.2, 0.25) is 15.9 Å². The number of sulfonamides is 1. The van der Waals surface area contributed by atoms with E-state index in [2.05, 4.69) is 5.32 Å². The minimum Gasteiger partial charge on any atom is -0.340 e. The Kier molecular flexibility index (Phi) is 6.83. The summed E-state index contributed by atoms with van der Waals surface area (Å²) in [5.74, 6) is -0.00123. The Hall–Kier alpha value is -2.22. The van der Waals surface area contributed by atoms with E-state index in [4.69, 9.17) is 0 Å². The van der Waals surface area contributed by atoms with Gasteiger partial charge in [0.25, 0.3) is 0 Å². The second-order valence-corrected chi connectivity index (χ2v) is 8.96. The third kappa shape index (κ3) is 5.19. The van der Waals surface area contributed by atoms with E-state index in [9.17, 15) is 13.2 Å². The van der Waals surface area contributed by atoms with Gasteiger partial charge in [0.05, 0.1) is 4.90 Å². The van der Waals surface area contributed by atoms with Crippen molar-refractivity contribution in [1.29, 1.82) is 0 Å². The van der Waals surface area contributed by atoms with Gasteiger partial charge in [-0.2, -0.15) is 4.31 Å². The molecule has 150 valence electrons. The van der Waals surface area contributed by atoms with Crippen LogP contribution >= 0.6 is 0 Å². The fraction of sp³-hybridized carbons (Fsp3) is 0.381. The summed E-state index contributed by atoms with van der Waals surface area (Å²) < 4.78 is 27.8. The van der Waals surface area contributed by atoms with E-state index in [0.29, 0.717) is 13.1 Å². The third-order valence-corrected chi connectivity index (χ3v) is 6.76. The number of carbonyl (C=O) groups excluding carboxylic acids is 1. The Morgan fingerprint density at radius 2 is 1.68 bits per heavy atom. The number of hydrogen-bond donors (Lipinski definition) is 1. The number of aryl methyl sites for hydroxylation is 1. The summed E-state index contributed by atoms with van der Waals surface area (Å²) in [6.07, 6.45) is 0.178. The lowest BCUT2D eigenvalue weighted by molar-refractivity contribution is -0.131. The molecule has 0 atom stereocenters. The maximum atomic E-state index is 13.2. The van der Waals surface area contributed by atoms with Crippen LogP contribution in [0.4, 0.5) is 0 Å². The van der Waals surface area contributed by atoms with Crippen LogP contribution in [0.2, 0.25) is 0 Å². The van der Waals surface area contributed by atoms with Crippen LogP contribution in [0.5, 0.6) is 0 Å². The van der Waals surface area contributed by atoms with Crippen molar-refractivity contribution in [3.05, 3.63) is 65.7 Å². The zero-order valence-corrected chi connectivity index (χ0v) is 17.0. The molecule has 0 radical (unpaired) electrons. The third-order valence-electron chi connectivity index (χ3n) is 4.91. The molecule has 1 aliphatic rings. The van der Waals surface area contributed by atoms with Crippen molar-refractivity contribution in [3.63, 3.8) is 0 Å². The average molecular weight is 402 g/mol. The zero-order chi connectivity index (χ0) is 20.0. The van der Waals surface area contributed by atoms with Gasteiger partial charge in [-0.25, -0.2) is 8.42 Å². The highest BCUT2D eigenvalue weighted by atomic mass is 32.2. The first kappa shape index (κ1) is 20.5. The van der Waals surface area contributed by atoms with Crippen molar-refractivity contribution in [1.82, 2.24) is 14.5 Å². The molecule has 1 aliphatic heterocycles. The Morgan fingerprint density at radius 3 is 2.32 bits per heavy atom. The predicted octanol–water partition coefficient (Wildman–Crippen LogP) is 2.01. The first-order valence-corrected chi connectivity index (χ1v) is 11.0. The molecule has 2 aromatic carbocycles. The van der Waals surface area contributed by atoms with Crippen molar-refractivity contribution in [3.8, 4) is 0 Å². The molecule has 0 spiro atoms. The van der Waals surface area contributed by atoms with Crippen LogP contribution in [0.1, 0.15) is 17.5 Å². The largest absolute Gasteiger partial charge is 0.340 e. The lowest BCUT2D eigenvalue weighted by Crippen LogP contribution is -2.47. The lowest BCUT2D eigenvalue weighted by atomic mass is 10.1. The van der Waals surface area contributed by atoms with Gasteiger partial charge in [0.1, 0.15) is 0 Å². The van der Waals surface area contributed by atoms with E-state index in [1.807, 2.05) is 31.2 Å². The summed E-state index contributed by atoms with van der Waals surface area (Å²) in [4.78, 5) is 14.6. The minimum absolute atomic E-state index is 0.00123. The molecule has 1 amide bonds. The molecule has 1 N–H and O–H groups in total.